The number of carbonyl (C=O) groups excluding carboxylic acids is 3. The van der Waals surface area contributed by atoms with Gasteiger partial charge in [-0.05, 0) is 89.1 Å². The van der Waals surface area contributed by atoms with Gasteiger partial charge in [0.2, 0.25) is 17.7 Å². The number of carbonyl (C=O) groups is 3. The van der Waals surface area contributed by atoms with Crippen LogP contribution in [0.2, 0.25) is 0 Å². The molecule has 3 rings (SSSR count). The van der Waals surface area contributed by atoms with Crippen molar-refractivity contribution >= 4 is 23.4 Å². The largest absolute Gasteiger partial charge is 0.378 e. The van der Waals surface area contributed by atoms with Crippen LogP contribution in [0.5, 0.6) is 0 Å². The van der Waals surface area contributed by atoms with Gasteiger partial charge >= 0.3 is 0 Å². The van der Waals surface area contributed by atoms with Gasteiger partial charge in [0.1, 0.15) is 12.1 Å². The van der Waals surface area contributed by atoms with Crippen molar-refractivity contribution in [3.05, 3.63) is 41.7 Å². The summed E-state index contributed by atoms with van der Waals surface area (Å²) in [4.78, 5) is 41.1. The normalized spacial score (nSPS) is 15.4. The van der Waals surface area contributed by atoms with E-state index >= 15 is 0 Å². The van der Waals surface area contributed by atoms with E-state index in [1.807, 2.05) is 62.8 Å². The molecule has 3 amide bonds. The monoisotopic (exact) mass is 698 g/mol. The second-order valence-electron chi connectivity index (χ2n) is 14.4. The minimum atomic E-state index is -0.771. The summed E-state index contributed by atoms with van der Waals surface area (Å²) in [6.07, 6.45) is 6.48. The van der Waals surface area contributed by atoms with Gasteiger partial charge in [0.05, 0.1) is 38.2 Å². The lowest BCUT2D eigenvalue weighted by molar-refractivity contribution is -0.131. The highest BCUT2D eigenvalue weighted by atomic mass is 16.5. The molecule has 0 aliphatic carbocycles. The number of aromatic nitrogens is 3. The summed E-state index contributed by atoms with van der Waals surface area (Å²) in [7, 11) is 0. The van der Waals surface area contributed by atoms with Gasteiger partial charge in [-0.2, -0.15) is 0 Å². The topological polar surface area (TPSA) is 152 Å². The summed E-state index contributed by atoms with van der Waals surface area (Å²) in [5.74, 6) is -0.364. The lowest BCUT2D eigenvalue weighted by Gasteiger charge is -2.31. The van der Waals surface area contributed by atoms with Crippen LogP contribution in [-0.2, 0) is 43.6 Å². The van der Waals surface area contributed by atoms with E-state index in [0.717, 1.165) is 56.6 Å². The van der Waals surface area contributed by atoms with Gasteiger partial charge in [-0.15, -0.1) is 5.10 Å². The first kappa shape index (κ1) is 41.0. The smallest absolute Gasteiger partial charge is 0.246 e. The van der Waals surface area contributed by atoms with Crippen LogP contribution < -0.4 is 21.3 Å². The van der Waals surface area contributed by atoms with Crippen molar-refractivity contribution < 1.29 is 23.9 Å². The minimum absolute atomic E-state index is 0.129. The van der Waals surface area contributed by atoms with Crippen molar-refractivity contribution in [3.8, 4) is 0 Å². The molecule has 4 N–H and O–H groups in total. The summed E-state index contributed by atoms with van der Waals surface area (Å²) in [6.45, 7) is 19.8. The number of likely N-dealkylation sites (tertiary alicyclic amines) is 1. The average Bonchev–Trinajstić information content (AvgIpc) is 3.53. The molecule has 2 aromatic rings. The number of rotatable bonds is 22. The third kappa shape index (κ3) is 15.7. The first-order valence-corrected chi connectivity index (χ1v) is 18.4. The Labute approximate surface area is 299 Å². The van der Waals surface area contributed by atoms with Gasteiger partial charge in [0.25, 0.3) is 0 Å². The van der Waals surface area contributed by atoms with Crippen LogP contribution in [0.1, 0.15) is 91.8 Å². The number of ether oxygens (including phenoxy) is 2. The molecule has 2 atom stereocenters. The second kappa shape index (κ2) is 21.7. The molecule has 280 valence electrons. The lowest BCUT2D eigenvalue weighted by Crippen LogP contribution is -2.53. The fourth-order valence-electron chi connectivity index (χ4n) is 5.69. The first-order chi connectivity index (χ1) is 23.9. The summed E-state index contributed by atoms with van der Waals surface area (Å²) >= 11 is 0. The molecule has 0 radical (unpaired) electrons. The van der Waals surface area contributed by atoms with E-state index < -0.39 is 12.1 Å². The lowest BCUT2D eigenvalue weighted by atomic mass is 9.91. The Morgan fingerprint density at radius 3 is 2.28 bits per heavy atom. The van der Waals surface area contributed by atoms with Gasteiger partial charge in [-0.3, -0.25) is 14.4 Å². The van der Waals surface area contributed by atoms with Gasteiger partial charge < -0.3 is 35.6 Å². The molecule has 1 saturated heterocycles. The van der Waals surface area contributed by atoms with Crippen molar-refractivity contribution in [2.24, 2.45) is 11.8 Å². The Morgan fingerprint density at radius 1 is 0.920 bits per heavy atom. The first-order valence-electron chi connectivity index (χ1n) is 18.4. The molecule has 1 aromatic carbocycles. The van der Waals surface area contributed by atoms with Gasteiger partial charge in [-0.25, -0.2) is 4.68 Å². The number of nitrogens with zero attached hydrogens (tertiary/aromatic N) is 4. The number of benzene rings is 1. The van der Waals surface area contributed by atoms with E-state index in [9.17, 15) is 14.4 Å². The van der Waals surface area contributed by atoms with E-state index in [1.165, 1.54) is 0 Å². The maximum absolute atomic E-state index is 13.1. The zero-order valence-electron chi connectivity index (χ0n) is 31.4. The van der Waals surface area contributed by atoms with Crippen molar-refractivity contribution in [3.63, 3.8) is 0 Å². The molecular formula is C37H62N8O5. The fraction of sp³-hybridized carbons (Fsp3) is 0.703. The molecule has 13 nitrogen and oxygen atoms in total. The maximum Gasteiger partial charge on any atom is 0.246 e. The zero-order chi connectivity index (χ0) is 36.5. The predicted octanol–water partition coefficient (Wildman–Crippen LogP) is 3.88. The fourth-order valence-corrected chi connectivity index (χ4v) is 5.69. The van der Waals surface area contributed by atoms with Gasteiger partial charge in [0, 0.05) is 37.4 Å². The molecule has 13 heteroatoms. The highest BCUT2D eigenvalue weighted by Gasteiger charge is 2.27. The molecule has 0 saturated carbocycles. The van der Waals surface area contributed by atoms with E-state index in [1.54, 1.807) is 6.92 Å². The number of nitrogens with one attached hydrogen (secondary N) is 4. The highest BCUT2D eigenvalue weighted by molar-refractivity contribution is 5.98. The van der Waals surface area contributed by atoms with E-state index in [0.29, 0.717) is 57.0 Å². The van der Waals surface area contributed by atoms with Crippen molar-refractivity contribution in [1.29, 1.82) is 0 Å². The van der Waals surface area contributed by atoms with Crippen LogP contribution in [-0.4, -0.2) is 94.7 Å². The quantitative estimate of drug-likeness (QED) is 0.134. The maximum atomic E-state index is 13.1. The van der Waals surface area contributed by atoms with Crippen LogP contribution in [0.15, 0.2) is 30.5 Å². The number of hydrogen-bond acceptors (Lipinski definition) is 9. The molecule has 0 unspecified atom stereocenters. The van der Waals surface area contributed by atoms with Crippen molar-refractivity contribution in [2.75, 3.05) is 38.2 Å². The average molecular weight is 699 g/mol. The predicted molar refractivity (Wildman–Crippen MR) is 195 cm³/mol. The molecular weight excluding hydrogens is 636 g/mol. The van der Waals surface area contributed by atoms with Crippen molar-refractivity contribution in [1.82, 2.24) is 35.8 Å². The van der Waals surface area contributed by atoms with Gasteiger partial charge in [-0.1, -0.05) is 45.0 Å². The number of anilines is 1. The summed E-state index contributed by atoms with van der Waals surface area (Å²) in [5, 5.41) is 20.2. The number of amides is 3. The third-order valence-corrected chi connectivity index (χ3v) is 8.84. The SMILES string of the molecule is CC(C)NCc1cn(CCOCCN2CCC(CCCC(=O)N[C@H](C(=O)N[C@@H](C)C(=O)Nc3ccc(COC(C)C)cc3)C(C)C)CC2)nn1. The molecule has 1 aliphatic rings. The van der Waals surface area contributed by atoms with Crippen LogP contribution in [0.4, 0.5) is 5.69 Å². The van der Waals surface area contributed by atoms with Crippen LogP contribution in [0, 0.1) is 11.8 Å². The highest BCUT2D eigenvalue weighted by Crippen LogP contribution is 2.22. The summed E-state index contributed by atoms with van der Waals surface area (Å²) in [6, 6.07) is 6.35. The summed E-state index contributed by atoms with van der Waals surface area (Å²) in [5.41, 5.74) is 2.58. The Balaban J connectivity index is 1.27. The molecule has 2 heterocycles. The number of hydrogen-bond donors (Lipinski definition) is 4. The molecule has 1 aromatic heterocycles. The zero-order valence-corrected chi connectivity index (χ0v) is 31.4. The standard InChI is InChI=1S/C37H62N8O5/c1-26(2)35(37(48)39-29(7)36(47)40-32-13-11-31(12-14-32)25-50-28(5)6)41-34(46)10-8-9-30-15-17-44(18-16-30)19-21-49-22-20-45-24-33(42-43-45)23-38-27(3)4/h11-14,24,26-30,35,38H,8-10,15-23,25H2,1-7H3,(H,39,48)(H,40,47)(H,41,46)/t29-,35-/m0/s1. The second-order valence-corrected chi connectivity index (χ2v) is 14.4. The Bertz CT molecular complexity index is 1290. The van der Waals surface area contributed by atoms with Gasteiger partial charge in [0.15, 0.2) is 0 Å². The molecule has 1 aliphatic heterocycles. The molecule has 1 fully saturated rings. The Morgan fingerprint density at radius 2 is 1.62 bits per heavy atom. The van der Waals surface area contributed by atoms with Crippen LogP contribution in [0.3, 0.4) is 0 Å². The molecule has 0 spiro atoms. The Kier molecular flexibility index (Phi) is 17.8. The minimum Gasteiger partial charge on any atom is -0.378 e. The summed E-state index contributed by atoms with van der Waals surface area (Å²) < 4.78 is 13.3. The van der Waals surface area contributed by atoms with Crippen LogP contribution >= 0.6 is 0 Å². The van der Waals surface area contributed by atoms with Crippen molar-refractivity contribution in [2.45, 2.75) is 124 Å². The molecule has 0 bridgehead atoms. The van der Waals surface area contributed by atoms with E-state index in [2.05, 4.69) is 50.3 Å². The van der Waals surface area contributed by atoms with E-state index in [-0.39, 0.29) is 29.7 Å². The number of piperidine rings is 1. The third-order valence-electron chi connectivity index (χ3n) is 8.84. The van der Waals surface area contributed by atoms with E-state index in [4.69, 9.17) is 9.47 Å². The Hall–Kier alpha value is -3.39. The van der Waals surface area contributed by atoms with Crippen LogP contribution in [0.25, 0.3) is 0 Å². The molecule has 50 heavy (non-hydrogen) atoms.